The van der Waals surface area contributed by atoms with Gasteiger partial charge in [0, 0.05) is 10.6 Å². The van der Waals surface area contributed by atoms with E-state index in [0.717, 1.165) is 23.4 Å². The highest BCUT2D eigenvalue weighted by atomic mass is 35.5. The van der Waals surface area contributed by atoms with Crippen molar-refractivity contribution in [2.45, 2.75) is 25.3 Å². The first-order chi connectivity index (χ1) is 8.57. The predicted molar refractivity (Wildman–Crippen MR) is 77.9 cm³/mol. The molecule has 0 aliphatic carbocycles. The summed E-state index contributed by atoms with van der Waals surface area (Å²) in [5.74, 6) is 0. The van der Waals surface area contributed by atoms with Crippen molar-refractivity contribution in [2.75, 3.05) is 0 Å². The number of hydrogen-bond donors (Lipinski definition) is 1. The second-order valence-corrected chi connectivity index (χ2v) is 5.49. The van der Waals surface area contributed by atoms with E-state index >= 15 is 0 Å². The molecule has 0 fully saturated rings. The average Bonchev–Trinajstić information content (AvgIpc) is 2.32. The van der Waals surface area contributed by atoms with Gasteiger partial charge in [-0.25, -0.2) is 0 Å². The van der Waals surface area contributed by atoms with Crippen LogP contribution >= 0.6 is 11.6 Å². The molecule has 0 saturated carbocycles. The van der Waals surface area contributed by atoms with Crippen LogP contribution in [0.5, 0.6) is 0 Å². The topological polar surface area (TPSA) is 26.0 Å². The van der Waals surface area contributed by atoms with Crippen LogP contribution in [0.3, 0.4) is 0 Å². The van der Waals surface area contributed by atoms with Crippen LogP contribution in [0.1, 0.15) is 18.1 Å². The summed E-state index contributed by atoms with van der Waals surface area (Å²) in [6.07, 6.45) is 1.63. The van der Waals surface area contributed by atoms with Crippen LogP contribution in [0, 0.1) is 0 Å². The molecule has 94 valence electrons. The summed E-state index contributed by atoms with van der Waals surface area (Å²) in [7, 11) is 0. The summed E-state index contributed by atoms with van der Waals surface area (Å²) >= 11 is 6.18. The summed E-state index contributed by atoms with van der Waals surface area (Å²) in [6, 6.07) is 18.2. The lowest BCUT2D eigenvalue weighted by atomic mass is 9.87. The Labute approximate surface area is 114 Å². The first-order valence-corrected chi connectivity index (χ1v) is 6.51. The Morgan fingerprint density at radius 3 is 2.22 bits per heavy atom. The highest BCUT2D eigenvalue weighted by Crippen LogP contribution is 2.22. The van der Waals surface area contributed by atoms with Gasteiger partial charge in [-0.15, -0.1) is 0 Å². The number of rotatable bonds is 4. The first kappa shape index (κ1) is 13.1. The maximum atomic E-state index is 6.39. The SMILES string of the molecule is CC(N)(Cc1ccccc1)Cc1ccccc1Cl. The number of nitrogens with two attached hydrogens (primary N) is 1. The zero-order chi connectivity index (χ0) is 13.0. The molecule has 1 unspecified atom stereocenters. The molecule has 18 heavy (non-hydrogen) atoms. The van der Waals surface area contributed by atoms with Crippen molar-refractivity contribution in [3.63, 3.8) is 0 Å². The molecule has 0 bridgehead atoms. The summed E-state index contributed by atoms with van der Waals surface area (Å²) in [5.41, 5.74) is 8.48. The molecule has 0 amide bonds. The van der Waals surface area contributed by atoms with E-state index < -0.39 is 0 Å². The average molecular weight is 260 g/mol. The summed E-state index contributed by atoms with van der Waals surface area (Å²) in [6.45, 7) is 2.07. The lowest BCUT2D eigenvalue weighted by molar-refractivity contribution is 0.463. The summed E-state index contributed by atoms with van der Waals surface area (Å²) in [4.78, 5) is 0. The Kier molecular flexibility index (Phi) is 4.05. The minimum atomic E-state index is -0.285. The maximum absolute atomic E-state index is 6.39. The van der Waals surface area contributed by atoms with Crippen molar-refractivity contribution in [1.29, 1.82) is 0 Å². The highest BCUT2D eigenvalue weighted by molar-refractivity contribution is 6.31. The molecule has 1 atom stereocenters. The van der Waals surface area contributed by atoms with Gasteiger partial charge in [-0.05, 0) is 37.0 Å². The fraction of sp³-hybridized carbons (Fsp3) is 0.250. The van der Waals surface area contributed by atoms with Crippen LogP contribution in [0.25, 0.3) is 0 Å². The van der Waals surface area contributed by atoms with Crippen LogP contribution < -0.4 is 5.73 Å². The van der Waals surface area contributed by atoms with Gasteiger partial charge in [-0.2, -0.15) is 0 Å². The third-order valence-electron chi connectivity index (χ3n) is 3.00. The Morgan fingerprint density at radius 1 is 0.944 bits per heavy atom. The lowest BCUT2D eigenvalue weighted by Crippen LogP contribution is -2.41. The molecule has 0 aliphatic heterocycles. The van der Waals surface area contributed by atoms with E-state index in [2.05, 4.69) is 19.1 Å². The molecular formula is C16H18ClN. The van der Waals surface area contributed by atoms with Crippen molar-refractivity contribution >= 4 is 11.6 Å². The summed E-state index contributed by atoms with van der Waals surface area (Å²) in [5, 5.41) is 0.794. The van der Waals surface area contributed by atoms with E-state index in [1.165, 1.54) is 5.56 Å². The predicted octanol–water partition coefficient (Wildman–Crippen LogP) is 3.84. The zero-order valence-corrected chi connectivity index (χ0v) is 11.3. The van der Waals surface area contributed by atoms with E-state index in [-0.39, 0.29) is 5.54 Å². The van der Waals surface area contributed by atoms with Gasteiger partial charge >= 0.3 is 0 Å². The van der Waals surface area contributed by atoms with Gasteiger partial charge in [-0.3, -0.25) is 0 Å². The van der Waals surface area contributed by atoms with E-state index in [1.54, 1.807) is 0 Å². The Balaban J connectivity index is 2.10. The van der Waals surface area contributed by atoms with Crippen molar-refractivity contribution < 1.29 is 0 Å². The Hall–Kier alpha value is -1.31. The van der Waals surface area contributed by atoms with Crippen molar-refractivity contribution in [2.24, 2.45) is 5.73 Å². The van der Waals surface area contributed by atoms with Crippen LogP contribution in [-0.2, 0) is 12.8 Å². The van der Waals surface area contributed by atoms with Crippen LogP contribution in [0.4, 0.5) is 0 Å². The van der Waals surface area contributed by atoms with E-state index in [1.807, 2.05) is 42.5 Å². The number of benzene rings is 2. The van der Waals surface area contributed by atoms with Gasteiger partial charge in [0.25, 0.3) is 0 Å². The molecule has 0 saturated heterocycles. The second kappa shape index (κ2) is 5.55. The molecule has 0 heterocycles. The molecule has 2 heteroatoms. The highest BCUT2D eigenvalue weighted by Gasteiger charge is 2.20. The molecule has 2 aromatic carbocycles. The third kappa shape index (κ3) is 3.59. The fourth-order valence-electron chi connectivity index (χ4n) is 2.20. The van der Waals surface area contributed by atoms with Crippen molar-refractivity contribution in [3.8, 4) is 0 Å². The molecule has 2 rings (SSSR count). The molecule has 0 aliphatic rings. The van der Waals surface area contributed by atoms with Crippen molar-refractivity contribution in [3.05, 3.63) is 70.7 Å². The van der Waals surface area contributed by atoms with Crippen LogP contribution in [0.15, 0.2) is 54.6 Å². The van der Waals surface area contributed by atoms with E-state index in [0.29, 0.717) is 0 Å². The van der Waals surface area contributed by atoms with Gasteiger partial charge in [0.05, 0.1) is 0 Å². The lowest BCUT2D eigenvalue weighted by Gasteiger charge is -2.25. The third-order valence-corrected chi connectivity index (χ3v) is 3.37. The van der Waals surface area contributed by atoms with Crippen LogP contribution in [-0.4, -0.2) is 5.54 Å². The molecule has 0 aromatic heterocycles. The molecule has 2 aromatic rings. The van der Waals surface area contributed by atoms with Gasteiger partial charge < -0.3 is 5.73 Å². The zero-order valence-electron chi connectivity index (χ0n) is 10.6. The normalized spacial score (nSPS) is 14.2. The largest absolute Gasteiger partial charge is 0.325 e. The van der Waals surface area contributed by atoms with Gasteiger partial charge in [-0.1, -0.05) is 60.1 Å². The first-order valence-electron chi connectivity index (χ1n) is 6.13. The van der Waals surface area contributed by atoms with Crippen LogP contribution in [0.2, 0.25) is 5.02 Å². The molecule has 1 nitrogen and oxygen atoms in total. The Morgan fingerprint density at radius 2 is 1.56 bits per heavy atom. The second-order valence-electron chi connectivity index (χ2n) is 5.08. The number of halogens is 1. The van der Waals surface area contributed by atoms with Gasteiger partial charge in [0.15, 0.2) is 0 Å². The number of hydrogen-bond acceptors (Lipinski definition) is 1. The smallest absolute Gasteiger partial charge is 0.0438 e. The fourth-order valence-corrected chi connectivity index (χ4v) is 2.40. The van der Waals surface area contributed by atoms with E-state index in [9.17, 15) is 0 Å². The molecule has 0 radical (unpaired) electrons. The standard InChI is InChI=1S/C16H18ClN/c1-16(18,11-13-7-3-2-4-8-13)12-14-9-5-6-10-15(14)17/h2-10H,11-12,18H2,1H3. The Bertz CT molecular complexity index is 506. The molecule has 2 N–H and O–H groups in total. The minimum absolute atomic E-state index is 0.285. The molecular weight excluding hydrogens is 242 g/mol. The quantitative estimate of drug-likeness (QED) is 0.887. The van der Waals surface area contributed by atoms with Gasteiger partial charge in [0.2, 0.25) is 0 Å². The monoisotopic (exact) mass is 259 g/mol. The van der Waals surface area contributed by atoms with E-state index in [4.69, 9.17) is 17.3 Å². The maximum Gasteiger partial charge on any atom is 0.0438 e. The molecule has 0 spiro atoms. The summed E-state index contributed by atoms with van der Waals surface area (Å²) < 4.78 is 0. The minimum Gasteiger partial charge on any atom is -0.325 e. The van der Waals surface area contributed by atoms with Gasteiger partial charge in [0.1, 0.15) is 0 Å². The van der Waals surface area contributed by atoms with Crippen molar-refractivity contribution in [1.82, 2.24) is 0 Å².